The summed E-state index contributed by atoms with van der Waals surface area (Å²) in [4.78, 5) is 3.48. The summed E-state index contributed by atoms with van der Waals surface area (Å²) in [5.41, 5.74) is 1.33. The zero-order chi connectivity index (χ0) is 11.1. The van der Waals surface area contributed by atoms with E-state index in [1.54, 1.807) is 7.11 Å². The number of hydrogen-bond donors (Lipinski definition) is 0. The van der Waals surface area contributed by atoms with Crippen LogP contribution in [0, 0.1) is 0 Å². The Morgan fingerprint density at radius 1 is 1.27 bits per heavy atom. The zero-order valence-electron chi connectivity index (χ0n) is 9.69. The summed E-state index contributed by atoms with van der Waals surface area (Å²) in [6.07, 6.45) is 0. The second-order valence-electron chi connectivity index (χ2n) is 3.51. The predicted octanol–water partition coefficient (Wildman–Crippen LogP) is 2.83. The lowest BCUT2D eigenvalue weighted by molar-refractivity contribution is 0.0771. The van der Waals surface area contributed by atoms with Crippen LogP contribution < -0.4 is 0 Å². The van der Waals surface area contributed by atoms with Crippen LogP contribution in [-0.2, 0) is 11.3 Å². The highest BCUT2D eigenvalue weighted by atomic mass is 32.2. The van der Waals surface area contributed by atoms with Gasteiger partial charge in [0.25, 0.3) is 0 Å². The molecule has 0 saturated heterocycles. The van der Waals surface area contributed by atoms with E-state index in [0.29, 0.717) is 6.73 Å². The molecule has 3 heteroatoms. The van der Waals surface area contributed by atoms with Gasteiger partial charge >= 0.3 is 0 Å². The summed E-state index contributed by atoms with van der Waals surface area (Å²) in [6.45, 7) is 3.78. The van der Waals surface area contributed by atoms with E-state index >= 15 is 0 Å². The average Bonchev–Trinajstić information content (AvgIpc) is 2.22. The standard InChI is InChI=1S/C12H19NOS/c1-4-15-12-7-5-11(6-8-12)9-13(2)10-14-3/h5-8H,4,9-10H2,1-3H3. The number of methoxy groups -OCH3 is 1. The van der Waals surface area contributed by atoms with Gasteiger partial charge in [-0.15, -0.1) is 11.8 Å². The minimum atomic E-state index is 0.672. The Hall–Kier alpha value is -0.510. The van der Waals surface area contributed by atoms with Crippen LogP contribution in [0.4, 0.5) is 0 Å². The number of nitrogens with zero attached hydrogens (tertiary/aromatic N) is 1. The maximum absolute atomic E-state index is 5.06. The summed E-state index contributed by atoms with van der Waals surface area (Å²) in [7, 11) is 3.77. The molecule has 1 rings (SSSR count). The van der Waals surface area contributed by atoms with Crippen molar-refractivity contribution in [2.75, 3.05) is 26.6 Å². The van der Waals surface area contributed by atoms with Gasteiger partial charge in [-0.2, -0.15) is 0 Å². The molecule has 0 radical (unpaired) electrons. The lowest BCUT2D eigenvalue weighted by Crippen LogP contribution is -2.20. The third-order valence-corrected chi connectivity index (χ3v) is 2.93. The molecular formula is C12H19NOS. The largest absolute Gasteiger partial charge is 0.369 e. The topological polar surface area (TPSA) is 12.5 Å². The Morgan fingerprint density at radius 2 is 1.93 bits per heavy atom. The van der Waals surface area contributed by atoms with Crippen molar-refractivity contribution < 1.29 is 4.74 Å². The van der Waals surface area contributed by atoms with Gasteiger partial charge in [-0.3, -0.25) is 4.90 Å². The first-order chi connectivity index (χ1) is 7.26. The zero-order valence-corrected chi connectivity index (χ0v) is 10.5. The SMILES string of the molecule is CCSc1ccc(CN(C)COC)cc1. The molecule has 0 atom stereocenters. The molecular weight excluding hydrogens is 206 g/mol. The molecule has 1 aromatic rings. The number of thioether (sulfide) groups is 1. The van der Waals surface area contributed by atoms with Crippen LogP contribution in [0.15, 0.2) is 29.2 Å². The third-order valence-electron chi connectivity index (χ3n) is 2.04. The van der Waals surface area contributed by atoms with Gasteiger partial charge < -0.3 is 4.74 Å². The highest BCUT2D eigenvalue weighted by Gasteiger charge is 1.99. The smallest absolute Gasteiger partial charge is 0.0986 e. The van der Waals surface area contributed by atoms with E-state index in [1.807, 2.05) is 11.8 Å². The van der Waals surface area contributed by atoms with E-state index in [0.717, 1.165) is 12.3 Å². The summed E-state index contributed by atoms with van der Waals surface area (Å²) in [6, 6.07) is 8.74. The Labute approximate surface area is 96.6 Å². The van der Waals surface area contributed by atoms with Crippen molar-refractivity contribution in [2.24, 2.45) is 0 Å². The minimum Gasteiger partial charge on any atom is -0.369 e. The van der Waals surface area contributed by atoms with Crippen LogP contribution in [0.1, 0.15) is 12.5 Å². The molecule has 0 aliphatic carbocycles. The highest BCUT2D eigenvalue weighted by molar-refractivity contribution is 7.99. The Morgan fingerprint density at radius 3 is 2.47 bits per heavy atom. The maximum Gasteiger partial charge on any atom is 0.0986 e. The van der Waals surface area contributed by atoms with Gasteiger partial charge in [0.2, 0.25) is 0 Å². The van der Waals surface area contributed by atoms with Crippen LogP contribution in [0.3, 0.4) is 0 Å². The maximum atomic E-state index is 5.06. The lowest BCUT2D eigenvalue weighted by Gasteiger charge is -2.15. The lowest BCUT2D eigenvalue weighted by atomic mass is 10.2. The van der Waals surface area contributed by atoms with E-state index in [2.05, 4.69) is 43.1 Å². The van der Waals surface area contributed by atoms with Crippen LogP contribution in [0.2, 0.25) is 0 Å². The molecule has 0 fully saturated rings. The van der Waals surface area contributed by atoms with E-state index in [1.165, 1.54) is 10.5 Å². The van der Waals surface area contributed by atoms with Gasteiger partial charge in [0.1, 0.15) is 0 Å². The molecule has 0 saturated carbocycles. The van der Waals surface area contributed by atoms with Gasteiger partial charge in [-0.25, -0.2) is 0 Å². The van der Waals surface area contributed by atoms with Gasteiger partial charge in [0, 0.05) is 18.6 Å². The summed E-state index contributed by atoms with van der Waals surface area (Å²) < 4.78 is 5.06. The van der Waals surface area contributed by atoms with Crippen molar-refractivity contribution >= 4 is 11.8 Å². The molecule has 0 aromatic heterocycles. The Balaban J connectivity index is 2.48. The number of hydrogen-bond acceptors (Lipinski definition) is 3. The van der Waals surface area contributed by atoms with Gasteiger partial charge in [-0.05, 0) is 30.5 Å². The molecule has 2 nitrogen and oxygen atoms in total. The molecule has 1 aromatic carbocycles. The summed E-state index contributed by atoms with van der Waals surface area (Å²) in [5, 5.41) is 0. The van der Waals surface area contributed by atoms with Crippen LogP contribution in [-0.4, -0.2) is 31.5 Å². The molecule has 0 unspecified atom stereocenters. The molecule has 15 heavy (non-hydrogen) atoms. The normalized spacial score (nSPS) is 10.9. The van der Waals surface area contributed by atoms with E-state index < -0.39 is 0 Å². The fraction of sp³-hybridized carbons (Fsp3) is 0.500. The molecule has 84 valence electrons. The second kappa shape index (κ2) is 6.88. The molecule has 0 aliphatic heterocycles. The van der Waals surface area contributed by atoms with Crippen molar-refractivity contribution in [3.8, 4) is 0 Å². The molecule has 0 amide bonds. The minimum absolute atomic E-state index is 0.672. The highest BCUT2D eigenvalue weighted by Crippen LogP contribution is 2.18. The van der Waals surface area contributed by atoms with Crippen LogP contribution >= 0.6 is 11.8 Å². The van der Waals surface area contributed by atoms with Crippen molar-refractivity contribution in [2.45, 2.75) is 18.4 Å². The van der Waals surface area contributed by atoms with Crippen molar-refractivity contribution in [3.05, 3.63) is 29.8 Å². The molecule has 0 spiro atoms. The molecule has 0 N–H and O–H groups in total. The van der Waals surface area contributed by atoms with Gasteiger partial charge in [-0.1, -0.05) is 19.1 Å². The first kappa shape index (κ1) is 12.6. The van der Waals surface area contributed by atoms with Gasteiger partial charge in [0.15, 0.2) is 0 Å². The van der Waals surface area contributed by atoms with Crippen molar-refractivity contribution in [1.29, 1.82) is 0 Å². The molecule has 0 bridgehead atoms. The second-order valence-corrected chi connectivity index (χ2v) is 4.85. The molecule has 0 aliphatic rings. The monoisotopic (exact) mass is 225 g/mol. The first-order valence-electron chi connectivity index (χ1n) is 5.15. The van der Waals surface area contributed by atoms with Crippen molar-refractivity contribution in [1.82, 2.24) is 4.90 Å². The Kier molecular flexibility index (Phi) is 5.76. The fourth-order valence-electron chi connectivity index (χ4n) is 1.44. The van der Waals surface area contributed by atoms with E-state index in [-0.39, 0.29) is 0 Å². The van der Waals surface area contributed by atoms with E-state index in [4.69, 9.17) is 4.74 Å². The van der Waals surface area contributed by atoms with E-state index in [9.17, 15) is 0 Å². The molecule has 0 heterocycles. The number of benzene rings is 1. The average molecular weight is 225 g/mol. The number of rotatable bonds is 6. The van der Waals surface area contributed by atoms with Crippen LogP contribution in [0.25, 0.3) is 0 Å². The third kappa shape index (κ3) is 4.69. The fourth-order valence-corrected chi connectivity index (χ4v) is 2.10. The first-order valence-corrected chi connectivity index (χ1v) is 6.14. The quantitative estimate of drug-likeness (QED) is 0.545. The predicted molar refractivity (Wildman–Crippen MR) is 66.2 cm³/mol. The Bertz CT molecular complexity index is 273. The summed E-state index contributed by atoms with van der Waals surface area (Å²) in [5.74, 6) is 1.13. The van der Waals surface area contributed by atoms with Crippen molar-refractivity contribution in [3.63, 3.8) is 0 Å². The number of ether oxygens (including phenoxy) is 1. The van der Waals surface area contributed by atoms with Crippen LogP contribution in [0.5, 0.6) is 0 Å². The summed E-state index contributed by atoms with van der Waals surface area (Å²) >= 11 is 1.87. The van der Waals surface area contributed by atoms with Gasteiger partial charge in [0.05, 0.1) is 6.73 Å².